The molecule has 3 aromatic carbocycles. The zero-order valence-electron chi connectivity index (χ0n) is 16.8. The number of amides is 2. The van der Waals surface area contributed by atoms with Crippen LogP contribution in [0.25, 0.3) is 0 Å². The number of nitrogens with zero attached hydrogens (tertiary/aromatic N) is 1. The van der Waals surface area contributed by atoms with Crippen LogP contribution in [0.4, 0.5) is 5.69 Å². The quantitative estimate of drug-likeness (QED) is 0.389. The van der Waals surface area contributed by atoms with Crippen molar-refractivity contribution in [1.82, 2.24) is 5.43 Å². The molecule has 0 atom stereocenters. The topological polar surface area (TPSA) is 79.8 Å². The van der Waals surface area contributed by atoms with Crippen LogP contribution < -0.4 is 15.5 Å². The van der Waals surface area contributed by atoms with Gasteiger partial charge in [0, 0.05) is 27.4 Å². The van der Waals surface area contributed by atoms with Gasteiger partial charge in [0.2, 0.25) is 0 Å². The molecular weight excluding hydrogens is 437 g/mol. The minimum Gasteiger partial charge on any atom is -0.495 e. The number of anilines is 1. The largest absolute Gasteiger partial charge is 0.495 e. The molecule has 2 amide bonds. The number of carbonyl (C=O) groups excluding carboxylic acids is 2. The van der Waals surface area contributed by atoms with Gasteiger partial charge in [0.05, 0.1) is 18.3 Å². The van der Waals surface area contributed by atoms with Crippen molar-refractivity contribution >= 4 is 46.9 Å². The first kappa shape index (κ1) is 22.3. The van der Waals surface area contributed by atoms with Crippen molar-refractivity contribution in [2.24, 2.45) is 5.10 Å². The number of rotatable bonds is 6. The Balaban J connectivity index is 1.68. The molecular formula is C23H19Cl2N3O3. The van der Waals surface area contributed by atoms with E-state index >= 15 is 0 Å². The summed E-state index contributed by atoms with van der Waals surface area (Å²) in [5.41, 5.74) is 5.36. The van der Waals surface area contributed by atoms with Crippen molar-refractivity contribution in [2.45, 2.75) is 6.92 Å². The SMILES string of the molecule is COc1c(Cl)cc(Cl)cc1C=NNC(=O)c1cccc(NC(=O)c2ccc(C)cc2)c1. The van der Waals surface area contributed by atoms with E-state index in [0.717, 1.165) is 5.56 Å². The molecule has 0 saturated heterocycles. The summed E-state index contributed by atoms with van der Waals surface area (Å²) in [6.45, 7) is 1.95. The Bertz CT molecular complexity index is 1150. The average Bonchev–Trinajstić information content (AvgIpc) is 2.74. The van der Waals surface area contributed by atoms with Crippen molar-refractivity contribution in [3.8, 4) is 5.75 Å². The Labute approximate surface area is 189 Å². The lowest BCUT2D eigenvalue weighted by Crippen LogP contribution is -2.18. The van der Waals surface area contributed by atoms with Gasteiger partial charge in [-0.25, -0.2) is 5.43 Å². The molecule has 3 aromatic rings. The van der Waals surface area contributed by atoms with Gasteiger partial charge in [-0.2, -0.15) is 5.10 Å². The molecule has 0 radical (unpaired) electrons. The van der Waals surface area contributed by atoms with E-state index in [0.29, 0.717) is 38.2 Å². The van der Waals surface area contributed by atoms with Crippen LogP contribution in [-0.2, 0) is 0 Å². The fourth-order valence-electron chi connectivity index (χ4n) is 2.76. The number of methoxy groups -OCH3 is 1. The second-order valence-electron chi connectivity index (χ2n) is 6.61. The molecule has 31 heavy (non-hydrogen) atoms. The lowest BCUT2D eigenvalue weighted by Gasteiger charge is -2.08. The number of halogens is 2. The Morgan fingerprint density at radius 3 is 2.42 bits per heavy atom. The third-order valence-electron chi connectivity index (χ3n) is 4.31. The van der Waals surface area contributed by atoms with Crippen molar-refractivity contribution in [1.29, 1.82) is 0 Å². The number of ether oxygens (including phenoxy) is 1. The van der Waals surface area contributed by atoms with Gasteiger partial charge in [0.15, 0.2) is 0 Å². The molecule has 0 spiro atoms. The van der Waals surface area contributed by atoms with Gasteiger partial charge in [0.1, 0.15) is 5.75 Å². The molecule has 0 fully saturated rings. The zero-order valence-corrected chi connectivity index (χ0v) is 18.3. The van der Waals surface area contributed by atoms with Gasteiger partial charge >= 0.3 is 0 Å². The number of benzene rings is 3. The Morgan fingerprint density at radius 1 is 0.968 bits per heavy atom. The predicted molar refractivity (Wildman–Crippen MR) is 124 cm³/mol. The Hall–Kier alpha value is -3.35. The highest BCUT2D eigenvalue weighted by Crippen LogP contribution is 2.31. The minimum atomic E-state index is -0.449. The summed E-state index contributed by atoms with van der Waals surface area (Å²) in [5.74, 6) is -0.319. The highest BCUT2D eigenvalue weighted by Gasteiger charge is 2.10. The molecule has 0 bridgehead atoms. The van der Waals surface area contributed by atoms with Crippen molar-refractivity contribution in [3.63, 3.8) is 0 Å². The third kappa shape index (κ3) is 5.84. The maximum Gasteiger partial charge on any atom is 0.271 e. The van der Waals surface area contributed by atoms with Gasteiger partial charge in [-0.05, 0) is 49.4 Å². The van der Waals surface area contributed by atoms with Crippen LogP contribution >= 0.6 is 23.2 Å². The lowest BCUT2D eigenvalue weighted by atomic mass is 10.1. The van der Waals surface area contributed by atoms with Gasteiger partial charge < -0.3 is 10.1 Å². The number of nitrogens with one attached hydrogen (secondary N) is 2. The van der Waals surface area contributed by atoms with E-state index < -0.39 is 5.91 Å². The summed E-state index contributed by atoms with van der Waals surface area (Å²) in [4.78, 5) is 24.8. The molecule has 2 N–H and O–H groups in total. The molecule has 6 nitrogen and oxygen atoms in total. The maximum atomic E-state index is 12.4. The Morgan fingerprint density at radius 2 is 1.71 bits per heavy atom. The van der Waals surface area contributed by atoms with Crippen LogP contribution in [0.5, 0.6) is 5.75 Å². The highest BCUT2D eigenvalue weighted by molar-refractivity contribution is 6.36. The minimum absolute atomic E-state index is 0.263. The van der Waals surface area contributed by atoms with Crippen LogP contribution in [0.3, 0.4) is 0 Å². The summed E-state index contributed by atoms with van der Waals surface area (Å²) in [6.07, 6.45) is 1.39. The van der Waals surface area contributed by atoms with Crippen LogP contribution in [0.1, 0.15) is 31.8 Å². The summed E-state index contributed by atoms with van der Waals surface area (Å²) >= 11 is 12.1. The first-order chi connectivity index (χ1) is 14.9. The number of aryl methyl sites for hydroxylation is 1. The van der Waals surface area contributed by atoms with Gasteiger partial charge in [-0.15, -0.1) is 0 Å². The molecule has 0 heterocycles. The van der Waals surface area contributed by atoms with E-state index in [1.165, 1.54) is 13.3 Å². The van der Waals surface area contributed by atoms with Crippen molar-refractivity contribution < 1.29 is 14.3 Å². The monoisotopic (exact) mass is 455 g/mol. The summed E-state index contributed by atoms with van der Waals surface area (Å²) < 4.78 is 5.23. The maximum absolute atomic E-state index is 12.4. The molecule has 0 aliphatic rings. The second-order valence-corrected chi connectivity index (χ2v) is 7.45. The molecule has 3 rings (SSSR count). The molecule has 8 heteroatoms. The van der Waals surface area contributed by atoms with E-state index in [2.05, 4.69) is 15.8 Å². The van der Waals surface area contributed by atoms with Crippen molar-refractivity contribution in [2.75, 3.05) is 12.4 Å². The molecule has 0 aromatic heterocycles. The predicted octanol–water partition coefficient (Wildman–Crippen LogP) is 5.33. The van der Waals surface area contributed by atoms with Crippen LogP contribution in [0.15, 0.2) is 65.8 Å². The molecule has 0 aliphatic heterocycles. The second kappa shape index (κ2) is 10.1. The number of carbonyl (C=O) groups is 2. The summed E-state index contributed by atoms with van der Waals surface area (Å²) in [7, 11) is 1.47. The smallest absolute Gasteiger partial charge is 0.271 e. The van der Waals surface area contributed by atoms with Crippen LogP contribution in [-0.4, -0.2) is 25.1 Å². The molecule has 158 valence electrons. The normalized spacial score (nSPS) is 10.7. The van der Waals surface area contributed by atoms with E-state index in [-0.39, 0.29) is 5.91 Å². The number of hydrogen-bond donors (Lipinski definition) is 2. The van der Waals surface area contributed by atoms with Crippen molar-refractivity contribution in [3.05, 3.63) is 93.0 Å². The highest BCUT2D eigenvalue weighted by atomic mass is 35.5. The molecule has 0 unspecified atom stereocenters. The van der Waals surface area contributed by atoms with Gasteiger partial charge in [0.25, 0.3) is 11.8 Å². The van der Waals surface area contributed by atoms with E-state index in [1.807, 2.05) is 19.1 Å². The zero-order chi connectivity index (χ0) is 22.4. The number of hydrogen-bond acceptors (Lipinski definition) is 4. The third-order valence-corrected chi connectivity index (χ3v) is 4.81. The first-order valence-electron chi connectivity index (χ1n) is 9.22. The van der Waals surface area contributed by atoms with E-state index in [1.54, 1.807) is 48.5 Å². The summed E-state index contributed by atoms with van der Waals surface area (Å²) in [6, 6.07) is 16.9. The molecule has 0 aliphatic carbocycles. The van der Waals surface area contributed by atoms with Crippen LogP contribution in [0, 0.1) is 6.92 Å². The van der Waals surface area contributed by atoms with Gasteiger partial charge in [-0.3, -0.25) is 9.59 Å². The first-order valence-corrected chi connectivity index (χ1v) is 9.97. The van der Waals surface area contributed by atoms with Crippen LogP contribution in [0.2, 0.25) is 10.0 Å². The summed E-state index contributed by atoms with van der Waals surface area (Å²) in [5, 5.41) is 7.47. The lowest BCUT2D eigenvalue weighted by molar-refractivity contribution is 0.0953. The molecule has 0 saturated carbocycles. The van der Waals surface area contributed by atoms with Gasteiger partial charge in [-0.1, -0.05) is 47.0 Å². The Kier molecular flexibility index (Phi) is 7.28. The fourth-order valence-corrected chi connectivity index (χ4v) is 3.35. The fraction of sp³-hybridized carbons (Fsp3) is 0.0870. The standard InChI is InChI=1S/C23H19Cl2N3O3/c1-14-6-8-15(9-7-14)22(29)27-19-5-3-4-16(11-19)23(30)28-26-13-17-10-18(24)12-20(25)21(17)31-2/h3-13H,1-2H3,(H,27,29)(H,28,30). The average molecular weight is 456 g/mol. The number of hydrazone groups is 1. The van der Waals surface area contributed by atoms with E-state index in [4.69, 9.17) is 27.9 Å². The van der Waals surface area contributed by atoms with E-state index in [9.17, 15) is 9.59 Å².